The van der Waals surface area contributed by atoms with Crippen LogP contribution in [0.2, 0.25) is 0 Å². The van der Waals surface area contributed by atoms with Crippen LogP contribution in [0, 0.1) is 0 Å². The molecule has 0 aliphatic carbocycles. The molecule has 172 valence electrons. The first-order valence-corrected chi connectivity index (χ1v) is 26.9. The van der Waals surface area contributed by atoms with Crippen LogP contribution in [0.25, 0.3) is 0 Å². The summed E-state index contributed by atoms with van der Waals surface area (Å²) in [5, 5.41) is 19.0. The first-order chi connectivity index (χ1) is 12.2. The Bertz CT molecular complexity index is 261. The van der Waals surface area contributed by atoms with E-state index in [2.05, 4.69) is 61.2 Å². The summed E-state index contributed by atoms with van der Waals surface area (Å²) >= 11 is 7.42. The number of nitrogens with one attached hydrogen (secondary N) is 1. The van der Waals surface area contributed by atoms with E-state index in [1.165, 1.54) is 20.8 Å². The van der Waals surface area contributed by atoms with E-state index in [1.54, 1.807) is 13.8 Å². The van der Waals surface area contributed by atoms with Crippen molar-refractivity contribution in [2.75, 3.05) is 26.2 Å². The number of halogens is 4. The maximum atomic E-state index is 9.93. The number of rotatable bonds is 3. The minimum absolute atomic E-state index is 0.0394. The van der Waals surface area contributed by atoms with Gasteiger partial charge in [-0.1, -0.05) is 6.92 Å². The molecule has 0 fully saturated rings. The van der Waals surface area contributed by atoms with E-state index in [1.807, 2.05) is 13.8 Å². The molecule has 0 heterocycles. The van der Waals surface area contributed by atoms with Crippen LogP contribution < -0.4 is 22.5 Å². The van der Waals surface area contributed by atoms with E-state index in [-0.39, 0.29) is 31.8 Å². The van der Waals surface area contributed by atoms with Gasteiger partial charge < -0.3 is 37.5 Å². The molecular formula is C15H40I4N4O4. The molecule has 0 aromatic heterocycles. The number of carbonyl (C=O) groups excluding carboxylic acids is 2. The summed E-state index contributed by atoms with van der Waals surface area (Å²) in [5.74, 6) is 0.206. The fourth-order valence-electron chi connectivity index (χ4n) is 0.249. The van der Waals surface area contributed by atoms with E-state index >= 15 is 0 Å². The Morgan fingerprint density at radius 1 is 0.926 bits per heavy atom. The molecule has 0 saturated heterocycles. The molecule has 0 aliphatic rings. The monoisotopic (exact) mass is 848 g/mol. The van der Waals surface area contributed by atoms with Crippen LogP contribution in [0.5, 0.6) is 0 Å². The van der Waals surface area contributed by atoms with Gasteiger partial charge in [-0.05, 0) is 41.2 Å². The van der Waals surface area contributed by atoms with Gasteiger partial charge in [0, 0.05) is 26.6 Å². The van der Waals surface area contributed by atoms with Crippen LogP contribution in [0.3, 0.4) is 0 Å². The fourth-order valence-corrected chi connectivity index (χ4v) is 0.249. The Morgan fingerprint density at radius 3 is 1.07 bits per heavy atom. The van der Waals surface area contributed by atoms with Crippen LogP contribution in [-0.2, 0) is 9.59 Å². The molecule has 9 N–H and O–H groups in total. The second kappa shape index (κ2) is 42.1. The van der Waals surface area contributed by atoms with Crippen LogP contribution in [0.4, 0.5) is 0 Å². The average molecular weight is 848 g/mol. The van der Waals surface area contributed by atoms with E-state index in [0.717, 1.165) is 13.1 Å². The van der Waals surface area contributed by atoms with Crippen molar-refractivity contribution >= 4 is 75.4 Å². The zero-order valence-electron chi connectivity index (χ0n) is 17.4. The molecule has 2 atom stereocenters. The Balaban J connectivity index is -0.0000000497. The summed E-state index contributed by atoms with van der Waals surface area (Å²) in [7, 11) is -0.353. The minimum atomic E-state index is -0.353. The predicted octanol–water partition coefficient (Wildman–Crippen LogP) is 2.90. The van der Waals surface area contributed by atoms with Gasteiger partial charge in [0.1, 0.15) is 5.78 Å². The summed E-state index contributed by atoms with van der Waals surface area (Å²) in [6.45, 7) is 13.9. The maximum absolute atomic E-state index is 9.93. The Labute approximate surface area is 202 Å². The van der Waals surface area contributed by atoms with E-state index in [0.29, 0.717) is 13.1 Å². The van der Waals surface area contributed by atoms with Crippen molar-refractivity contribution in [3.05, 3.63) is 0 Å². The second-order valence-electron chi connectivity index (χ2n) is 4.73. The van der Waals surface area contributed by atoms with Gasteiger partial charge >= 0.3 is 63.7 Å². The van der Waals surface area contributed by atoms with Crippen LogP contribution in [0.15, 0.2) is 0 Å². The van der Waals surface area contributed by atoms with Crippen LogP contribution in [-0.4, -0.2) is 60.3 Å². The third-order valence-electron chi connectivity index (χ3n) is 1.11. The summed E-state index contributed by atoms with van der Waals surface area (Å²) in [4.78, 5) is 19.4. The Morgan fingerprint density at radius 2 is 1.07 bits per heavy atom. The number of aliphatic hydroxyl groups is 2. The first kappa shape index (κ1) is 42.9. The Hall–Kier alpha value is 1.86. The first-order valence-electron chi connectivity index (χ1n) is 8.07. The van der Waals surface area contributed by atoms with Crippen molar-refractivity contribution < 1.29 is 19.8 Å². The molecule has 0 spiro atoms. The van der Waals surface area contributed by atoms with Crippen LogP contribution in [0.1, 0.15) is 48.5 Å². The van der Waals surface area contributed by atoms with Gasteiger partial charge in [0.15, 0.2) is 0 Å². The molecule has 0 aromatic rings. The quantitative estimate of drug-likeness (QED) is 0.238. The van der Waals surface area contributed by atoms with Crippen LogP contribution >= 0.6 is 63.7 Å². The number of amides is 1. The third kappa shape index (κ3) is 237. The van der Waals surface area contributed by atoms with E-state index in [4.69, 9.17) is 27.4 Å². The number of hydrogen-bond donors (Lipinski definition) is 6. The fraction of sp³-hybridized carbons (Fsp3) is 0.867. The van der Waals surface area contributed by atoms with Gasteiger partial charge in [-0.25, -0.2) is 0 Å². The number of aliphatic hydroxyl groups excluding tert-OH is 2. The number of ketones is 1. The molecule has 2 unspecified atom stereocenters. The zero-order valence-corrected chi connectivity index (χ0v) is 26.1. The van der Waals surface area contributed by atoms with Crippen molar-refractivity contribution in [3.8, 4) is 0 Å². The molecular weight excluding hydrogens is 808 g/mol. The molecule has 8 nitrogen and oxygen atoms in total. The zero-order chi connectivity index (χ0) is 23.4. The summed E-state index contributed by atoms with van der Waals surface area (Å²) < 4.78 is 0. The summed E-state index contributed by atoms with van der Waals surface area (Å²) in [6, 6.07) is 0. The predicted molar refractivity (Wildman–Crippen MR) is 153 cm³/mol. The van der Waals surface area contributed by atoms with Crippen molar-refractivity contribution in [3.63, 3.8) is 0 Å². The van der Waals surface area contributed by atoms with Gasteiger partial charge in [-0.2, -0.15) is 0 Å². The molecule has 0 rings (SSSR count). The van der Waals surface area contributed by atoms with Gasteiger partial charge in [-0.15, -0.1) is 0 Å². The summed E-state index contributed by atoms with van der Waals surface area (Å²) in [6.07, 6.45) is -0.676. The average Bonchev–Trinajstić information content (AvgIpc) is 2.47. The Kier molecular flexibility index (Phi) is 66.8. The number of carbonyl (C=O) groups is 2. The number of hydrogen-bond acceptors (Lipinski definition) is 7. The third-order valence-corrected chi connectivity index (χ3v) is 1.11. The molecule has 0 aliphatic heterocycles. The molecule has 0 aromatic carbocycles. The SMILES string of the molecule is CC(C)=O.CC(O)CN.CC(O)CN.CCN.CCNC(C)=O.II(I)I. The molecule has 27 heavy (non-hydrogen) atoms. The van der Waals surface area contributed by atoms with Crippen molar-refractivity contribution in [1.82, 2.24) is 5.32 Å². The molecule has 0 radical (unpaired) electrons. The molecule has 0 bridgehead atoms. The van der Waals surface area contributed by atoms with Gasteiger partial charge in [0.25, 0.3) is 0 Å². The number of Topliss-reactive ketones (excluding diaryl/α,β-unsaturated/α-hetero) is 1. The van der Waals surface area contributed by atoms with Gasteiger partial charge in [-0.3, -0.25) is 4.79 Å². The van der Waals surface area contributed by atoms with Gasteiger partial charge in [0.2, 0.25) is 5.91 Å². The van der Waals surface area contributed by atoms with E-state index < -0.39 is 0 Å². The molecule has 0 saturated carbocycles. The summed E-state index contributed by atoms with van der Waals surface area (Å²) in [5.41, 5.74) is 14.7. The van der Waals surface area contributed by atoms with Crippen molar-refractivity contribution in [1.29, 1.82) is 0 Å². The topological polar surface area (TPSA) is 165 Å². The van der Waals surface area contributed by atoms with E-state index in [9.17, 15) is 9.59 Å². The number of nitrogens with two attached hydrogens (primary N) is 3. The second-order valence-corrected chi connectivity index (χ2v) is 53.5. The standard InChI is InChI=1S/C4H9NO.2C3H9NO.C3H6O.C2H7N.I4/c1-3-5-4(2)6;2*1-3(5)2-4;1-3(2)4;1-2-3;1-4(2)3/h3H2,1-2H3,(H,5,6);2*3,5H,2,4H2,1H3;1-2H3;2-3H2,1H3;. The normalized spacial score (nSPS) is 10.6. The van der Waals surface area contributed by atoms with Gasteiger partial charge in [0.05, 0.1) is 12.2 Å². The van der Waals surface area contributed by atoms with Crippen molar-refractivity contribution in [2.45, 2.75) is 60.7 Å². The molecule has 1 amide bonds. The van der Waals surface area contributed by atoms with Crippen molar-refractivity contribution in [2.24, 2.45) is 17.2 Å². The molecule has 12 heteroatoms.